The van der Waals surface area contributed by atoms with Gasteiger partial charge in [0.15, 0.2) is 18.2 Å². The Morgan fingerprint density at radius 2 is 1.43 bits per heavy atom. The number of carbonyl (C=O) groups is 3. The number of hydrogen-bond acceptors (Lipinski definition) is 5. The minimum Gasteiger partial charge on any atom is -0.481 e. The molecule has 6 nitrogen and oxygen atoms in total. The van der Waals surface area contributed by atoms with Crippen molar-refractivity contribution in [2.45, 2.75) is 86.5 Å². The molecule has 1 heterocycles. The van der Waals surface area contributed by atoms with Gasteiger partial charge in [0.05, 0.1) is 8.95 Å². The van der Waals surface area contributed by atoms with Crippen LogP contribution in [-0.2, 0) is 14.4 Å². The zero-order valence-corrected chi connectivity index (χ0v) is 29.9. The third kappa shape index (κ3) is 6.48. The number of hydrogen-bond donors (Lipinski definition) is 1. The maximum Gasteiger partial charge on any atom is 0.262 e. The van der Waals surface area contributed by atoms with Crippen LogP contribution < -0.4 is 10.1 Å². The molecule has 0 aromatic heterocycles. The molecule has 0 atom stereocenters. The van der Waals surface area contributed by atoms with Crippen molar-refractivity contribution in [3.63, 3.8) is 0 Å². The number of allylic oxidation sites excluding steroid dienone is 4. The standard InChI is InChI=1S/C36H42Br2N2O4/c1-8-11-40-26-15-35(4,5)17-28(41)32(26)31(33-27(40)16-36(6,7)18-29(33)42)22-13-24(37)34(25(38)14-22)44-19-30(43)39-23-10-9-20(2)21(3)12-23/h9-10,12-14,31H,8,11,15-19H2,1-7H3,(H,39,43). The van der Waals surface area contributed by atoms with E-state index in [0.29, 0.717) is 27.5 Å². The van der Waals surface area contributed by atoms with Crippen LogP contribution in [-0.4, -0.2) is 35.5 Å². The monoisotopic (exact) mass is 724 g/mol. The van der Waals surface area contributed by atoms with Crippen LogP contribution in [0.5, 0.6) is 5.75 Å². The van der Waals surface area contributed by atoms with Gasteiger partial charge >= 0.3 is 0 Å². The zero-order valence-electron chi connectivity index (χ0n) is 26.7. The third-order valence-electron chi connectivity index (χ3n) is 8.96. The van der Waals surface area contributed by atoms with Crippen molar-refractivity contribution in [2.75, 3.05) is 18.5 Å². The fraction of sp³-hybridized carbons (Fsp3) is 0.472. The Morgan fingerprint density at radius 3 is 1.93 bits per heavy atom. The molecule has 234 valence electrons. The highest BCUT2D eigenvalue weighted by Gasteiger charge is 2.49. The summed E-state index contributed by atoms with van der Waals surface area (Å²) in [7, 11) is 0. The topological polar surface area (TPSA) is 75.7 Å². The van der Waals surface area contributed by atoms with Gasteiger partial charge in [-0.05, 0) is 117 Å². The van der Waals surface area contributed by atoms with Crippen LogP contribution in [0, 0.1) is 24.7 Å². The summed E-state index contributed by atoms with van der Waals surface area (Å²) in [5.74, 6) is -0.00264. The SMILES string of the molecule is CCCN1C2=C(C(=O)CC(C)(C)C2)C(c2cc(Br)c(OCC(=O)Nc3ccc(C)c(C)c3)c(Br)c2)C2=C1CC(C)(C)CC2=O. The average molecular weight is 727 g/mol. The van der Waals surface area contributed by atoms with Crippen molar-refractivity contribution >= 4 is 55.0 Å². The molecule has 44 heavy (non-hydrogen) atoms. The number of ketones is 2. The first kappa shape index (κ1) is 32.7. The Kier molecular flexibility index (Phi) is 9.09. The van der Waals surface area contributed by atoms with Crippen molar-refractivity contribution in [2.24, 2.45) is 10.8 Å². The minimum absolute atomic E-state index is 0.113. The van der Waals surface area contributed by atoms with Crippen molar-refractivity contribution < 1.29 is 19.1 Å². The van der Waals surface area contributed by atoms with Crippen LogP contribution >= 0.6 is 31.9 Å². The van der Waals surface area contributed by atoms with Crippen LogP contribution in [0.2, 0.25) is 0 Å². The van der Waals surface area contributed by atoms with Crippen LogP contribution in [0.15, 0.2) is 61.8 Å². The number of aryl methyl sites for hydroxylation is 2. The summed E-state index contributed by atoms with van der Waals surface area (Å²) in [6, 6.07) is 9.67. The van der Waals surface area contributed by atoms with Gasteiger partial charge in [-0.1, -0.05) is 40.7 Å². The molecule has 0 radical (unpaired) electrons. The van der Waals surface area contributed by atoms with Gasteiger partial charge in [-0.2, -0.15) is 0 Å². The molecule has 0 bridgehead atoms. The van der Waals surface area contributed by atoms with E-state index in [-0.39, 0.29) is 34.9 Å². The molecule has 0 saturated heterocycles. The highest BCUT2D eigenvalue weighted by atomic mass is 79.9. The highest BCUT2D eigenvalue weighted by molar-refractivity contribution is 9.11. The molecular formula is C36H42Br2N2O4. The van der Waals surface area contributed by atoms with Crippen molar-refractivity contribution in [1.29, 1.82) is 0 Å². The number of anilines is 1. The molecule has 0 fully saturated rings. The predicted molar refractivity (Wildman–Crippen MR) is 182 cm³/mol. The Morgan fingerprint density at radius 1 is 0.886 bits per heavy atom. The van der Waals surface area contributed by atoms with Crippen LogP contribution in [0.25, 0.3) is 0 Å². The third-order valence-corrected chi connectivity index (χ3v) is 10.1. The van der Waals surface area contributed by atoms with Crippen molar-refractivity contribution in [3.8, 4) is 5.75 Å². The van der Waals surface area contributed by atoms with E-state index in [4.69, 9.17) is 4.74 Å². The zero-order chi connectivity index (χ0) is 32.1. The molecular weight excluding hydrogens is 684 g/mol. The predicted octanol–water partition coefficient (Wildman–Crippen LogP) is 8.94. The van der Waals surface area contributed by atoms with Crippen molar-refractivity contribution in [3.05, 3.63) is 78.5 Å². The maximum absolute atomic E-state index is 14.0. The molecule has 2 aromatic carbocycles. The number of carbonyl (C=O) groups excluding carboxylic acids is 3. The second-order valence-corrected chi connectivity index (χ2v) is 15.8. The molecule has 1 amide bonds. The molecule has 0 saturated carbocycles. The van der Waals surface area contributed by atoms with Gasteiger partial charge in [0.1, 0.15) is 5.75 Å². The number of benzene rings is 2. The summed E-state index contributed by atoms with van der Waals surface area (Å²) in [5.41, 5.74) is 7.16. The Labute approximate surface area is 277 Å². The number of rotatable bonds is 7. The first-order valence-corrected chi connectivity index (χ1v) is 17.0. The van der Waals surface area contributed by atoms with E-state index in [1.54, 1.807) is 0 Å². The van der Waals surface area contributed by atoms with E-state index >= 15 is 0 Å². The smallest absolute Gasteiger partial charge is 0.262 e. The van der Waals surface area contributed by atoms with Gasteiger partial charge in [-0.25, -0.2) is 0 Å². The summed E-state index contributed by atoms with van der Waals surface area (Å²) >= 11 is 7.36. The lowest BCUT2D eigenvalue weighted by Crippen LogP contribution is -2.44. The van der Waals surface area contributed by atoms with Gasteiger partial charge in [-0.3, -0.25) is 14.4 Å². The summed E-state index contributed by atoms with van der Waals surface area (Å²) < 4.78 is 7.28. The number of Topliss-reactive ketones (excluding diaryl/α,β-unsaturated/α-hetero) is 2. The van der Waals surface area contributed by atoms with E-state index in [0.717, 1.165) is 70.7 Å². The molecule has 8 heteroatoms. The van der Waals surface area contributed by atoms with Gasteiger partial charge < -0.3 is 15.0 Å². The van der Waals surface area contributed by atoms with Gasteiger partial charge in [0, 0.05) is 53.5 Å². The lowest BCUT2D eigenvalue weighted by Gasteiger charge is -2.49. The van der Waals surface area contributed by atoms with E-state index < -0.39 is 5.92 Å². The van der Waals surface area contributed by atoms with Gasteiger partial charge in [-0.15, -0.1) is 0 Å². The first-order chi connectivity index (χ1) is 20.6. The van der Waals surface area contributed by atoms with Crippen LogP contribution in [0.4, 0.5) is 5.69 Å². The van der Waals surface area contributed by atoms with Crippen molar-refractivity contribution in [1.82, 2.24) is 4.90 Å². The Bertz CT molecular complexity index is 1540. The number of nitrogens with one attached hydrogen (secondary N) is 1. The summed E-state index contributed by atoms with van der Waals surface area (Å²) in [4.78, 5) is 43.0. The highest BCUT2D eigenvalue weighted by Crippen LogP contribution is 2.55. The summed E-state index contributed by atoms with van der Waals surface area (Å²) in [5, 5.41) is 2.90. The van der Waals surface area contributed by atoms with Gasteiger partial charge in [0.2, 0.25) is 0 Å². The van der Waals surface area contributed by atoms with E-state index in [1.165, 1.54) is 0 Å². The normalized spacial score (nSPS) is 19.6. The molecule has 0 unspecified atom stereocenters. The van der Waals surface area contributed by atoms with Gasteiger partial charge in [0.25, 0.3) is 5.91 Å². The first-order valence-electron chi connectivity index (χ1n) is 15.4. The number of nitrogens with zero attached hydrogens (tertiary/aromatic N) is 1. The lowest BCUT2D eigenvalue weighted by atomic mass is 9.63. The molecule has 2 aliphatic carbocycles. The molecule has 2 aromatic rings. The Hall–Kier alpha value is -2.71. The van der Waals surface area contributed by atoms with E-state index in [2.05, 4.69) is 76.7 Å². The minimum atomic E-state index is -0.449. The van der Waals surface area contributed by atoms with Crippen LogP contribution in [0.1, 0.15) is 89.3 Å². The molecule has 3 aliphatic rings. The largest absolute Gasteiger partial charge is 0.481 e. The fourth-order valence-corrected chi connectivity index (χ4v) is 8.36. The average Bonchev–Trinajstić information content (AvgIpc) is 2.89. The quantitative estimate of drug-likeness (QED) is 0.309. The fourth-order valence-electron chi connectivity index (χ4n) is 6.91. The number of halogens is 2. The van der Waals surface area contributed by atoms with Crippen LogP contribution in [0.3, 0.4) is 0 Å². The molecule has 0 spiro atoms. The van der Waals surface area contributed by atoms with E-state index in [1.807, 2.05) is 44.2 Å². The lowest BCUT2D eigenvalue weighted by molar-refractivity contribution is -0.120. The number of ether oxygens (including phenoxy) is 1. The number of amides is 1. The molecule has 5 rings (SSSR count). The summed E-state index contributed by atoms with van der Waals surface area (Å²) in [6.45, 7) is 15.4. The Balaban J connectivity index is 1.52. The summed E-state index contributed by atoms with van der Waals surface area (Å²) in [6.07, 6.45) is 3.39. The molecule has 1 aliphatic heterocycles. The maximum atomic E-state index is 14.0. The molecule has 1 N–H and O–H groups in total. The van der Waals surface area contributed by atoms with E-state index in [9.17, 15) is 14.4 Å². The second-order valence-electron chi connectivity index (χ2n) is 14.1. The second kappa shape index (κ2) is 12.2.